The predicted molar refractivity (Wildman–Crippen MR) is 139 cm³/mol. The maximum Gasteiger partial charge on any atom is 0.235 e. The summed E-state index contributed by atoms with van der Waals surface area (Å²) in [7, 11) is 1.63. The van der Waals surface area contributed by atoms with Gasteiger partial charge in [0.1, 0.15) is 17.4 Å². The first kappa shape index (κ1) is 23.3. The molecule has 0 bridgehead atoms. The Hall–Kier alpha value is -4.46. The number of hydrogen-bond donors (Lipinski definition) is 3. The maximum atomic E-state index is 13.3. The minimum atomic E-state index is -0.576. The van der Waals surface area contributed by atoms with Crippen molar-refractivity contribution in [3.05, 3.63) is 95.9 Å². The van der Waals surface area contributed by atoms with Gasteiger partial charge in [-0.05, 0) is 86.0 Å². The topological polar surface area (TPSA) is 88.2 Å². The fourth-order valence-corrected chi connectivity index (χ4v) is 4.07. The van der Waals surface area contributed by atoms with Crippen LogP contribution in [0.1, 0.15) is 24.1 Å². The lowest BCUT2D eigenvalue weighted by Crippen LogP contribution is -2.27. The molecule has 36 heavy (non-hydrogen) atoms. The molecule has 1 saturated carbocycles. The van der Waals surface area contributed by atoms with Gasteiger partial charge in [0.25, 0.3) is 0 Å². The zero-order valence-electron chi connectivity index (χ0n) is 20.0. The van der Waals surface area contributed by atoms with Crippen molar-refractivity contribution < 1.29 is 13.9 Å². The SMILES string of the molecule is COc1ccc(Nc2cc(C)nc(Nc3ccc(NC(=O)C4(c5ccc(F)cc5)CC4)cc3)n2)cc1. The van der Waals surface area contributed by atoms with Crippen LogP contribution in [-0.2, 0) is 10.2 Å². The largest absolute Gasteiger partial charge is 0.497 e. The van der Waals surface area contributed by atoms with E-state index in [4.69, 9.17) is 4.74 Å². The molecule has 0 saturated heterocycles. The number of halogens is 1. The summed E-state index contributed by atoms with van der Waals surface area (Å²) < 4.78 is 18.5. The zero-order valence-corrected chi connectivity index (χ0v) is 20.0. The molecular formula is C28H26FN5O2. The van der Waals surface area contributed by atoms with Crippen molar-refractivity contribution in [1.82, 2.24) is 9.97 Å². The second-order valence-electron chi connectivity index (χ2n) is 8.82. The first-order valence-electron chi connectivity index (χ1n) is 11.6. The molecule has 3 N–H and O–H groups in total. The van der Waals surface area contributed by atoms with E-state index < -0.39 is 5.41 Å². The third-order valence-corrected chi connectivity index (χ3v) is 6.20. The Bertz CT molecular complexity index is 1370. The van der Waals surface area contributed by atoms with Crippen molar-refractivity contribution in [2.75, 3.05) is 23.1 Å². The lowest BCUT2D eigenvalue weighted by molar-refractivity contribution is -0.118. The van der Waals surface area contributed by atoms with E-state index in [1.54, 1.807) is 19.2 Å². The summed E-state index contributed by atoms with van der Waals surface area (Å²) in [5.74, 6) is 1.51. The quantitative estimate of drug-likeness (QED) is 0.281. The molecule has 1 aliphatic carbocycles. The summed E-state index contributed by atoms with van der Waals surface area (Å²) >= 11 is 0. The molecule has 0 radical (unpaired) electrons. The van der Waals surface area contributed by atoms with E-state index in [9.17, 15) is 9.18 Å². The van der Waals surface area contributed by atoms with Crippen molar-refractivity contribution >= 4 is 34.7 Å². The number of methoxy groups -OCH3 is 1. The van der Waals surface area contributed by atoms with Crippen LogP contribution in [0.2, 0.25) is 0 Å². The molecule has 4 aromatic rings. The van der Waals surface area contributed by atoms with Crippen LogP contribution < -0.4 is 20.7 Å². The highest BCUT2D eigenvalue weighted by Crippen LogP contribution is 2.49. The number of aryl methyl sites for hydroxylation is 1. The highest BCUT2D eigenvalue weighted by atomic mass is 19.1. The molecule has 3 aromatic carbocycles. The van der Waals surface area contributed by atoms with E-state index in [1.807, 2.05) is 61.5 Å². The molecule has 0 atom stereocenters. The van der Waals surface area contributed by atoms with Crippen molar-refractivity contribution in [2.45, 2.75) is 25.2 Å². The number of carbonyl (C=O) groups excluding carboxylic acids is 1. The molecular weight excluding hydrogens is 457 g/mol. The minimum Gasteiger partial charge on any atom is -0.497 e. The first-order chi connectivity index (χ1) is 17.4. The molecule has 5 rings (SSSR count). The number of rotatable bonds is 8. The van der Waals surface area contributed by atoms with Crippen LogP contribution in [0.5, 0.6) is 5.75 Å². The van der Waals surface area contributed by atoms with Gasteiger partial charge in [-0.3, -0.25) is 4.79 Å². The number of hydrogen-bond acceptors (Lipinski definition) is 6. The summed E-state index contributed by atoms with van der Waals surface area (Å²) in [6, 6.07) is 23.0. The Kier molecular flexibility index (Phi) is 6.25. The minimum absolute atomic E-state index is 0.0777. The molecule has 182 valence electrons. The van der Waals surface area contributed by atoms with Gasteiger partial charge < -0.3 is 20.7 Å². The number of ether oxygens (including phenoxy) is 1. The molecule has 8 heteroatoms. The third-order valence-electron chi connectivity index (χ3n) is 6.20. The number of carbonyl (C=O) groups is 1. The Morgan fingerprint density at radius 3 is 2.11 bits per heavy atom. The Morgan fingerprint density at radius 1 is 0.861 bits per heavy atom. The van der Waals surface area contributed by atoms with E-state index in [2.05, 4.69) is 25.9 Å². The van der Waals surface area contributed by atoms with Gasteiger partial charge >= 0.3 is 0 Å². The molecule has 1 aliphatic rings. The lowest BCUT2D eigenvalue weighted by Gasteiger charge is -2.16. The smallest absolute Gasteiger partial charge is 0.235 e. The number of nitrogens with zero attached hydrogens (tertiary/aromatic N) is 2. The molecule has 1 heterocycles. The summed E-state index contributed by atoms with van der Waals surface area (Å²) in [6.45, 7) is 1.90. The number of amides is 1. The average Bonchev–Trinajstić information content (AvgIpc) is 3.68. The Balaban J connectivity index is 1.24. The zero-order chi connectivity index (χ0) is 25.1. The van der Waals surface area contributed by atoms with Gasteiger partial charge in [0.05, 0.1) is 12.5 Å². The van der Waals surface area contributed by atoms with Crippen LogP contribution in [0, 0.1) is 12.7 Å². The molecule has 7 nitrogen and oxygen atoms in total. The number of benzene rings is 3. The van der Waals surface area contributed by atoms with Crippen molar-refractivity contribution in [2.24, 2.45) is 0 Å². The molecule has 0 aliphatic heterocycles. The van der Waals surface area contributed by atoms with Gasteiger partial charge in [0.2, 0.25) is 11.9 Å². The highest BCUT2D eigenvalue weighted by Gasteiger charge is 2.51. The van der Waals surface area contributed by atoms with E-state index in [1.165, 1.54) is 12.1 Å². The van der Waals surface area contributed by atoms with Crippen LogP contribution in [-0.4, -0.2) is 23.0 Å². The molecule has 1 amide bonds. The molecule has 0 spiro atoms. The first-order valence-corrected chi connectivity index (χ1v) is 11.6. The van der Waals surface area contributed by atoms with Gasteiger partial charge in [-0.25, -0.2) is 9.37 Å². The highest BCUT2D eigenvalue weighted by molar-refractivity contribution is 6.01. The average molecular weight is 484 g/mol. The van der Waals surface area contributed by atoms with Gasteiger partial charge in [-0.15, -0.1) is 0 Å². The van der Waals surface area contributed by atoms with Gasteiger partial charge in [0, 0.05) is 28.8 Å². The van der Waals surface area contributed by atoms with Crippen LogP contribution in [0.25, 0.3) is 0 Å². The van der Waals surface area contributed by atoms with Crippen molar-refractivity contribution in [3.8, 4) is 5.75 Å². The van der Waals surface area contributed by atoms with Crippen LogP contribution >= 0.6 is 0 Å². The third kappa shape index (κ3) is 5.12. The summed E-state index contributed by atoms with van der Waals surface area (Å²) in [6.07, 6.45) is 1.50. The lowest BCUT2D eigenvalue weighted by atomic mass is 9.95. The van der Waals surface area contributed by atoms with Crippen LogP contribution in [0.4, 0.5) is 33.2 Å². The van der Waals surface area contributed by atoms with E-state index in [0.717, 1.165) is 41.2 Å². The second-order valence-corrected chi connectivity index (χ2v) is 8.82. The van der Waals surface area contributed by atoms with E-state index in [-0.39, 0.29) is 11.7 Å². The maximum absolute atomic E-state index is 13.3. The Labute approximate surface area is 208 Å². The van der Waals surface area contributed by atoms with Gasteiger partial charge in [0.15, 0.2) is 0 Å². The predicted octanol–water partition coefficient (Wildman–Crippen LogP) is 6.09. The van der Waals surface area contributed by atoms with E-state index in [0.29, 0.717) is 17.5 Å². The normalized spacial score (nSPS) is 13.5. The fourth-order valence-electron chi connectivity index (χ4n) is 4.07. The number of nitrogens with one attached hydrogen (secondary N) is 3. The summed E-state index contributed by atoms with van der Waals surface area (Å²) in [5.41, 5.74) is 3.43. The van der Waals surface area contributed by atoms with Gasteiger partial charge in [-0.1, -0.05) is 12.1 Å². The summed E-state index contributed by atoms with van der Waals surface area (Å²) in [4.78, 5) is 22.0. The monoisotopic (exact) mass is 483 g/mol. The Morgan fingerprint density at radius 2 is 1.47 bits per heavy atom. The number of aromatic nitrogens is 2. The van der Waals surface area contributed by atoms with Crippen LogP contribution in [0.3, 0.4) is 0 Å². The fraction of sp³-hybridized carbons (Fsp3) is 0.179. The van der Waals surface area contributed by atoms with E-state index >= 15 is 0 Å². The standard InChI is InChI=1S/C28H26FN5O2/c1-18-17-25(31-21-11-13-24(36-2)14-12-21)34-27(30-18)33-23-9-7-22(8-10-23)32-26(35)28(15-16-28)19-3-5-20(29)6-4-19/h3-14,17H,15-16H2,1-2H3,(H,32,35)(H2,30,31,33,34). The van der Waals surface area contributed by atoms with Gasteiger partial charge in [-0.2, -0.15) is 4.98 Å². The van der Waals surface area contributed by atoms with Crippen molar-refractivity contribution in [3.63, 3.8) is 0 Å². The second kappa shape index (κ2) is 9.65. The number of anilines is 5. The molecule has 1 fully saturated rings. The molecule has 1 aromatic heterocycles. The summed E-state index contributed by atoms with van der Waals surface area (Å²) in [5, 5.41) is 9.48. The van der Waals surface area contributed by atoms with Crippen LogP contribution in [0.15, 0.2) is 78.9 Å². The molecule has 0 unspecified atom stereocenters. The van der Waals surface area contributed by atoms with Crippen molar-refractivity contribution in [1.29, 1.82) is 0 Å².